The molecule has 0 saturated heterocycles. The van der Waals surface area contributed by atoms with Gasteiger partial charge in [-0.2, -0.15) is 0 Å². The summed E-state index contributed by atoms with van der Waals surface area (Å²) in [6.45, 7) is 0.0891. The van der Waals surface area contributed by atoms with Gasteiger partial charge in [0.25, 0.3) is 5.91 Å². The lowest BCUT2D eigenvalue weighted by Gasteiger charge is -2.09. The quantitative estimate of drug-likeness (QED) is 0.696. The SMILES string of the molecule is O=C(COc1ccc(Cl)cc1)NCCNS(=O)(=O)c1ccccc1. The average Bonchev–Trinajstić information content (AvgIpc) is 2.59. The minimum atomic E-state index is -3.56. The molecule has 8 heteroatoms. The predicted molar refractivity (Wildman–Crippen MR) is 91.6 cm³/mol. The second kappa shape index (κ2) is 8.68. The minimum Gasteiger partial charge on any atom is -0.484 e. The lowest BCUT2D eigenvalue weighted by atomic mass is 10.3. The summed E-state index contributed by atoms with van der Waals surface area (Å²) in [7, 11) is -3.56. The number of rotatable bonds is 8. The van der Waals surface area contributed by atoms with Crippen LogP contribution < -0.4 is 14.8 Å². The largest absolute Gasteiger partial charge is 0.484 e. The molecule has 0 aliphatic carbocycles. The van der Waals surface area contributed by atoms with Crippen LogP contribution in [0.15, 0.2) is 59.5 Å². The maximum atomic E-state index is 12.0. The first kappa shape index (κ1) is 18.3. The van der Waals surface area contributed by atoms with E-state index in [-0.39, 0.29) is 30.5 Å². The highest BCUT2D eigenvalue weighted by Crippen LogP contribution is 2.15. The maximum Gasteiger partial charge on any atom is 0.257 e. The highest BCUT2D eigenvalue weighted by Gasteiger charge is 2.12. The third kappa shape index (κ3) is 5.84. The molecule has 0 bridgehead atoms. The molecule has 0 saturated carbocycles. The van der Waals surface area contributed by atoms with Crippen molar-refractivity contribution in [1.29, 1.82) is 0 Å². The fourth-order valence-corrected chi connectivity index (χ4v) is 2.98. The molecule has 0 heterocycles. The second-order valence-corrected chi connectivity index (χ2v) is 7.01. The summed E-state index contributed by atoms with van der Waals surface area (Å²) in [5, 5.41) is 3.15. The first-order chi connectivity index (χ1) is 11.5. The molecule has 6 nitrogen and oxygen atoms in total. The number of hydrogen-bond acceptors (Lipinski definition) is 4. The Morgan fingerprint density at radius 1 is 1.00 bits per heavy atom. The molecular weight excluding hydrogens is 352 g/mol. The molecule has 0 aliphatic heterocycles. The summed E-state index contributed by atoms with van der Waals surface area (Å²) in [5.74, 6) is 0.184. The molecule has 2 aromatic carbocycles. The minimum absolute atomic E-state index is 0.0872. The number of sulfonamides is 1. The van der Waals surface area contributed by atoms with Crippen LogP contribution in [0.4, 0.5) is 0 Å². The van der Waals surface area contributed by atoms with Crippen molar-refractivity contribution in [2.75, 3.05) is 19.7 Å². The van der Waals surface area contributed by atoms with Crippen molar-refractivity contribution in [1.82, 2.24) is 10.0 Å². The zero-order chi connectivity index (χ0) is 17.4. The third-order valence-corrected chi connectivity index (χ3v) is 4.71. The Balaban J connectivity index is 1.68. The number of carbonyl (C=O) groups is 1. The standard InChI is InChI=1S/C16H17ClN2O4S/c17-13-6-8-14(9-7-13)23-12-16(20)18-10-11-19-24(21,22)15-4-2-1-3-5-15/h1-9,19H,10-12H2,(H,18,20). The van der Waals surface area contributed by atoms with Crippen molar-refractivity contribution in [3.05, 3.63) is 59.6 Å². The Labute approximate surface area is 145 Å². The zero-order valence-corrected chi connectivity index (χ0v) is 14.3. The van der Waals surface area contributed by atoms with Crippen LogP contribution in [0.2, 0.25) is 5.02 Å². The highest BCUT2D eigenvalue weighted by molar-refractivity contribution is 7.89. The number of carbonyl (C=O) groups excluding carboxylic acids is 1. The van der Waals surface area contributed by atoms with Crippen LogP contribution >= 0.6 is 11.6 Å². The summed E-state index contributed by atoms with van der Waals surface area (Å²) < 4.78 is 31.6. The maximum absolute atomic E-state index is 12.0. The molecule has 1 amide bonds. The molecular formula is C16H17ClN2O4S. The van der Waals surface area contributed by atoms with Gasteiger partial charge in [0.1, 0.15) is 5.75 Å². The van der Waals surface area contributed by atoms with Crippen LogP contribution in [0, 0.1) is 0 Å². The van der Waals surface area contributed by atoms with Gasteiger partial charge in [0, 0.05) is 18.1 Å². The van der Waals surface area contributed by atoms with E-state index in [1.165, 1.54) is 12.1 Å². The van der Waals surface area contributed by atoms with E-state index in [1.54, 1.807) is 42.5 Å². The summed E-state index contributed by atoms with van der Waals surface area (Å²) in [5.41, 5.74) is 0. The van der Waals surface area contributed by atoms with Gasteiger partial charge < -0.3 is 10.1 Å². The number of benzene rings is 2. The lowest BCUT2D eigenvalue weighted by Crippen LogP contribution is -2.36. The molecule has 0 fully saturated rings. The van der Waals surface area contributed by atoms with E-state index >= 15 is 0 Å². The van der Waals surface area contributed by atoms with Gasteiger partial charge in [-0.3, -0.25) is 4.79 Å². The molecule has 0 spiro atoms. The Kier molecular flexibility index (Phi) is 6.60. The van der Waals surface area contributed by atoms with Crippen LogP contribution in [-0.2, 0) is 14.8 Å². The van der Waals surface area contributed by atoms with Crippen LogP contribution in [0.25, 0.3) is 0 Å². The lowest BCUT2D eigenvalue weighted by molar-refractivity contribution is -0.123. The predicted octanol–water partition coefficient (Wildman–Crippen LogP) is 1.81. The highest BCUT2D eigenvalue weighted by atomic mass is 35.5. The fourth-order valence-electron chi connectivity index (χ4n) is 1.80. The molecule has 0 aliphatic rings. The van der Waals surface area contributed by atoms with E-state index < -0.39 is 10.0 Å². The summed E-state index contributed by atoms with van der Waals surface area (Å²) in [4.78, 5) is 11.8. The van der Waals surface area contributed by atoms with Gasteiger partial charge in [-0.25, -0.2) is 13.1 Å². The number of ether oxygens (including phenoxy) is 1. The van der Waals surface area contributed by atoms with E-state index in [2.05, 4.69) is 10.0 Å². The molecule has 0 atom stereocenters. The smallest absolute Gasteiger partial charge is 0.257 e. The summed E-state index contributed by atoms with van der Waals surface area (Å²) in [6, 6.07) is 14.7. The van der Waals surface area contributed by atoms with E-state index in [0.717, 1.165) is 0 Å². The van der Waals surface area contributed by atoms with Crippen molar-refractivity contribution >= 4 is 27.5 Å². The van der Waals surface area contributed by atoms with Crippen LogP contribution in [0.3, 0.4) is 0 Å². The number of amides is 1. The Morgan fingerprint density at radius 2 is 1.67 bits per heavy atom. The number of hydrogen-bond donors (Lipinski definition) is 2. The van der Waals surface area contributed by atoms with Gasteiger partial charge in [0.2, 0.25) is 10.0 Å². The summed E-state index contributed by atoms with van der Waals surface area (Å²) in [6.07, 6.45) is 0. The molecule has 2 rings (SSSR count). The fraction of sp³-hybridized carbons (Fsp3) is 0.188. The van der Waals surface area contributed by atoms with Crippen molar-refractivity contribution in [2.24, 2.45) is 0 Å². The monoisotopic (exact) mass is 368 g/mol. The van der Waals surface area contributed by atoms with Gasteiger partial charge in [-0.15, -0.1) is 0 Å². The Bertz CT molecular complexity index is 764. The molecule has 128 valence electrons. The Morgan fingerprint density at radius 3 is 2.33 bits per heavy atom. The number of halogens is 1. The summed E-state index contributed by atoms with van der Waals surface area (Å²) >= 11 is 5.75. The molecule has 0 aromatic heterocycles. The van der Waals surface area contributed by atoms with E-state index in [1.807, 2.05) is 0 Å². The van der Waals surface area contributed by atoms with Crippen molar-refractivity contribution in [3.63, 3.8) is 0 Å². The first-order valence-electron chi connectivity index (χ1n) is 7.17. The molecule has 24 heavy (non-hydrogen) atoms. The van der Waals surface area contributed by atoms with Crippen molar-refractivity contribution in [3.8, 4) is 5.75 Å². The van der Waals surface area contributed by atoms with Gasteiger partial charge in [0.15, 0.2) is 6.61 Å². The van der Waals surface area contributed by atoms with Crippen molar-refractivity contribution < 1.29 is 17.9 Å². The van der Waals surface area contributed by atoms with Gasteiger partial charge >= 0.3 is 0 Å². The first-order valence-corrected chi connectivity index (χ1v) is 9.03. The van der Waals surface area contributed by atoms with Gasteiger partial charge in [-0.1, -0.05) is 29.8 Å². The molecule has 2 N–H and O–H groups in total. The molecule has 0 radical (unpaired) electrons. The van der Waals surface area contributed by atoms with E-state index in [4.69, 9.17) is 16.3 Å². The topological polar surface area (TPSA) is 84.5 Å². The van der Waals surface area contributed by atoms with Crippen molar-refractivity contribution in [2.45, 2.75) is 4.90 Å². The zero-order valence-electron chi connectivity index (χ0n) is 12.7. The average molecular weight is 369 g/mol. The second-order valence-electron chi connectivity index (χ2n) is 4.80. The Hall–Kier alpha value is -2.09. The van der Waals surface area contributed by atoms with E-state index in [0.29, 0.717) is 10.8 Å². The van der Waals surface area contributed by atoms with E-state index in [9.17, 15) is 13.2 Å². The van der Waals surface area contributed by atoms with Crippen LogP contribution in [-0.4, -0.2) is 34.0 Å². The molecule has 0 unspecified atom stereocenters. The van der Waals surface area contributed by atoms with Crippen LogP contribution in [0.5, 0.6) is 5.75 Å². The van der Waals surface area contributed by atoms with Gasteiger partial charge in [0.05, 0.1) is 4.90 Å². The third-order valence-electron chi connectivity index (χ3n) is 2.98. The normalized spacial score (nSPS) is 11.0. The van der Waals surface area contributed by atoms with Gasteiger partial charge in [-0.05, 0) is 36.4 Å². The number of nitrogens with one attached hydrogen (secondary N) is 2. The van der Waals surface area contributed by atoms with Crippen LogP contribution in [0.1, 0.15) is 0 Å². The molecule has 2 aromatic rings.